The molecule has 0 radical (unpaired) electrons. The molecule has 4 nitrogen and oxygen atoms in total. The maximum atomic E-state index is 11.6. The summed E-state index contributed by atoms with van der Waals surface area (Å²) >= 11 is 0. The van der Waals surface area contributed by atoms with E-state index in [9.17, 15) is 4.79 Å². The van der Waals surface area contributed by atoms with Gasteiger partial charge in [-0.3, -0.25) is 4.79 Å². The van der Waals surface area contributed by atoms with E-state index in [4.69, 9.17) is 0 Å². The van der Waals surface area contributed by atoms with Gasteiger partial charge in [0.1, 0.15) is 0 Å². The van der Waals surface area contributed by atoms with Crippen LogP contribution in [0.25, 0.3) is 0 Å². The number of amides is 1. The Morgan fingerprint density at radius 1 is 1.10 bits per heavy atom. The van der Waals surface area contributed by atoms with E-state index in [2.05, 4.69) is 50.2 Å². The van der Waals surface area contributed by atoms with Gasteiger partial charge in [-0.1, -0.05) is 27.7 Å². The molecule has 0 fully saturated rings. The molecule has 0 aromatic rings. The number of nitrogens with zero attached hydrogens (tertiary/aromatic N) is 1. The normalized spacial score (nSPS) is 12.9. The molecule has 0 heterocycles. The molecular formula is C16H35N3O. The van der Waals surface area contributed by atoms with Gasteiger partial charge in [-0.15, -0.1) is 0 Å². The molecule has 2 N–H and O–H groups in total. The summed E-state index contributed by atoms with van der Waals surface area (Å²) in [4.78, 5) is 14.1. The summed E-state index contributed by atoms with van der Waals surface area (Å²) in [7, 11) is 0. The van der Waals surface area contributed by atoms with Crippen molar-refractivity contribution in [1.29, 1.82) is 0 Å². The van der Waals surface area contributed by atoms with Gasteiger partial charge < -0.3 is 15.5 Å². The molecule has 0 aliphatic carbocycles. The Labute approximate surface area is 125 Å². The lowest BCUT2D eigenvalue weighted by Crippen LogP contribution is -2.38. The molecule has 1 atom stereocenters. The first-order valence-corrected chi connectivity index (χ1v) is 8.21. The quantitative estimate of drug-likeness (QED) is 0.578. The van der Waals surface area contributed by atoms with Crippen molar-refractivity contribution in [2.45, 2.75) is 59.9 Å². The summed E-state index contributed by atoms with van der Waals surface area (Å²) in [6.45, 7) is 15.5. The monoisotopic (exact) mass is 285 g/mol. The molecular weight excluding hydrogens is 250 g/mol. The van der Waals surface area contributed by atoms with Gasteiger partial charge >= 0.3 is 0 Å². The van der Waals surface area contributed by atoms with Crippen LogP contribution in [0, 0.1) is 5.92 Å². The number of hydrogen-bond acceptors (Lipinski definition) is 3. The summed E-state index contributed by atoms with van der Waals surface area (Å²) in [5, 5.41) is 6.25. The highest BCUT2D eigenvalue weighted by molar-refractivity contribution is 5.77. The number of nitrogens with one attached hydrogen (secondary N) is 2. The van der Waals surface area contributed by atoms with Crippen molar-refractivity contribution < 1.29 is 4.79 Å². The van der Waals surface area contributed by atoms with E-state index >= 15 is 0 Å². The van der Waals surface area contributed by atoms with Crippen molar-refractivity contribution in [3.63, 3.8) is 0 Å². The standard InChI is InChI=1S/C16H35N3O/c1-6-19(7-2)12-8-9-15(5)18-13-16(20)17-11-10-14(3)4/h14-15,18H,6-13H2,1-5H3,(H,17,20). The first-order chi connectivity index (χ1) is 9.49. The first kappa shape index (κ1) is 19.4. The minimum Gasteiger partial charge on any atom is -0.355 e. The molecule has 0 aliphatic rings. The predicted molar refractivity (Wildman–Crippen MR) is 87.0 cm³/mol. The molecule has 0 spiro atoms. The predicted octanol–water partition coefficient (Wildman–Crippen LogP) is 2.25. The van der Waals surface area contributed by atoms with Crippen molar-refractivity contribution in [2.24, 2.45) is 5.92 Å². The maximum Gasteiger partial charge on any atom is 0.233 e. The van der Waals surface area contributed by atoms with E-state index < -0.39 is 0 Å². The molecule has 20 heavy (non-hydrogen) atoms. The van der Waals surface area contributed by atoms with E-state index in [1.54, 1.807) is 0 Å². The Morgan fingerprint density at radius 3 is 2.30 bits per heavy atom. The average Bonchev–Trinajstić information content (AvgIpc) is 2.41. The van der Waals surface area contributed by atoms with E-state index in [0.29, 0.717) is 18.5 Å². The van der Waals surface area contributed by atoms with E-state index in [-0.39, 0.29) is 5.91 Å². The van der Waals surface area contributed by atoms with Crippen LogP contribution in [0.3, 0.4) is 0 Å². The van der Waals surface area contributed by atoms with Crippen molar-refractivity contribution in [3.8, 4) is 0 Å². The largest absolute Gasteiger partial charge is 0.355 e. The number of carbonyl (C=O) groups is 1. The molecule has 0 bridgehead atoms. The highest BCUT2D eigenvalue weighted by Crippen LogP contribution is 1.99. The second-order valence-electron chi connectivity index (χ2n) is 5.98. The minimum atomic E-state index is 0.112. The molecule has 0 saturated carbocycles. The first-order valence-electron chi connectivity index (χ1n) is 8.21. The molecule has 4 heteroatoms. The van der Waals surface area contributed by atoms with Crippen LogP contribution in [-0.4, -0.2) is 49.6 Å². The summed E-state index contributed by atoms with van der Waals surface area (Å²) in [6, 6.07) is 0.404. The molecule has 0 aromatic heterocycles. The molecule has 1 amide bonds. The van der Waals surface area contributed by atoms with Gasteiger partial charge in [0.15, 0.2) is 0 Å². The molecule has 0 saturated heterocycles. The zero-order valence-electron chi connectivity index (χ0n) is 14.2. The topological polar surface area (TPSA) is 44.4 Å². The SMILES string of the molecule is CCN(CC)CCCC(C)NCC(=O)NCCC(C)C. The zero-order chi connectivity index (χ0) is 15.4. The maximum absolute atomic E-state index is 11.6. The Hall–Kier alpha value is -0.610. The van der Waals surface area contributed by atoms with Gasteiger partial charge in [-0.25, -0.2) is 0 Å². The van der Waals surface area contributed by atoms with Gasteiger partial charge in [0.25, 0.3) is 0 Å². The van der Waals surface area contributed by atoms with Crippen LogP contribution >= 0.6 is 0 Å². The second kappa shape index (κ2) is 12.2. The third-order valence-corrected chi connectivity index (χ3v) is 3.66. The third kappa shape index (κ3) is 11.2. The van der Waals surface area contributed by atoms with Gasteiger partial charge in [0.2, 0.25) is 5.91 Å². The van der Waals surface area contributed by atoms with Crippen LogP contribution in [0.5, 0.6) is 0 Å². The average molecular weight is 285 g/mol. The highest BCUT2D eigenvalue weighted by atomic mass is 16.1. The Morgan fingerprint density at radius 2 is 1.75 bits per heavy atom. The van der Waals surface area contributed by atoms with Crippen LogP contribution in [0.15, 0.2) is 0 Å². The lowest BCUT2D eigenvalue weighted by atomic mass is 10.1. The van der Waals surface area contributed by atoms with Crippen LogP contribution in [0.4, 0.5) is 0 Å². The van der Waals surface area contributed by atoms with Crippen molar-refractivity contribution in [1.82, 2.24) is 15.5 Å². The van der Waals surface area contributed by atoms with Gasteiger partial charge in [0, 0.05) is 12.6 Å². The Bertz CT molecular complexity index is 240. The number of carbonyl (C=O) groups excluding carboxylic acids is 1. The Kier molecular flexibility index (Phi) is 11.8. The van der Waals surface area contributed by atoms with E-state index in [1.807, 2.05) is 0 Å². The molecule has 0 rings (SSSR count). The van der Waals surface area contributed by atoms with E-state index in [0.717, 1.165) is 39.0 Å². The fourth-order valence-electron chi connectivity index (χ4n) is 2.09. The smallest absolute Gasteiger partial charge is 0.233 e. The zero-order valence-corrected chi connectivity index (χ0v) is 14.2. The van der Waals surface area contributed by atoms with Gasteiger partial charge in [-0.05, 0) is 51.7 Å². The molecule has 1 unspecified atom stereocenters. The van der Waals surface area contributed by atoms with Crippen molar-refractivity contribution >= 4 is 5.91 Å². The van der Waals surface area contributed by atoms with Crippen LogP contribution in [-0.2, 0) is 4.79 Å². The number of hydrogen-bond donors (Lipinski definition) is 2. The van der Waals surface area contributed by atoms with Gasteiger partial charge in [-0.2, -0.15) is 0 Å². The Balaban J connectivity index is 3.56. The molecule has 0 aromatic carbocycles. The third-order valence-electron chi connectivity index (χ3n) is 3.66. The van der Waals surface area contributed by atoms with Crippen molar-refractivity contribution in [3.05, 3.63) is 0 Å². The molecule has 120 valence electrons. The summed E-state index contributed by atoms with van der Waals surface area (Å²) in [6.07, 6.45) is 3.35. The van der Waals surface area contributed by atoms with E-state index in [1.165, 1.54) is 6.42 Å². The fourth-order valence-corrected chi connectivity index (χ4v) is 2.09. The lowest BCUT2D eigenvalue weighted by Gasteiger charge is -2.19. The lowest BCUT2D eigenvalue weighted by molar-refractivity contribution is -0.120. The van der Waals surface area contributed by atoms with Crippen LogP contribution < -0.4 is 10.6 Å². The highest BCUT2D eigenvalue weighted by Gasteiger charge is 2.06. The summed E-state index contributed by atoms with van der Waals surface area (Å²) in [5.74, 6) is 0.753. The minimum absolute atomic E-state index is 0.112. The number of rotatable bonds is 12. The summed E-state index contributed by atoms with van der Waals surface area (Å²) in [5.41, 5.74) is 0. The molecule has 0 aliphatic heterocycles. The van der Waals surface area contributed by atoms with Gasteiger partial charge in [0.05, 0.1) is 6.54 Å². The fraction of sp³-hybridized carbons (Fsp3) is 0.938. The van der Waals surface area contributed by atoms with Crippen molar-refractivity contribution in [2.75, 3.05) is 32.7 Å². The van der Waals surface area contributed by atoms with Crippen LogP contribution in [0.2, 0.25) is 0 Å². The summed E-state index contributed by atoms with van der Waals surface area (Å²) < 4.78 is 0. The van der Waals surface area contributed by atoms with Crippen LogP contribution in [0.1, 0.15) is 53.9 Å². The second-order valence-corrected chi connectivity index (χ2v) is 5.98.